The molecule has 18 heavy (non-hydrogen) atoms. The molecule has 0 radical (unpaired) electrons. The van der Waals surface area contributed by atoms with Crippen LogP contribution in [0.15, 0.2) is 11.6 Å². The lowest BCUT2D eigenvalue weighted by atomic mass is 10.0. The lowest BCUT2D eigenvalue weighted by molar-refractivity contribution is 0.564. The zero-order valence-corrected chi connectivity index (χ0v) is 12.6. The van der Waals surface area contributed by atoms with Crippen molar-refractivity contribution in [1.82, 2.24) is 0 Å². The van der Waals surface area contributed by atoms with Crippen LogP contribution in [0.5, 0.6) is 0 Å². The summed E-state index contributed by atoms with van der Waals surface area (Å²) in [6, 6.07) is 0. The van der Waals surface area contributed by atoms with E-state index in [9.17, 15) is 0 Å². The molecule has 0 aromatic rings. The largest absolute Gasteiger partial charge is 0.120 e. The van der Waals surface area contributed by atoms with E-state index < -0.39 is 0 Å². The van der Waals surface area contributed by atoms with Crippen molar-refractivity contribution in [1.29, 1.82) is 0 Å². The molecule has 0 bridgehead atoms. The van der Waals surface area contributed by atoms with E-state index in [0.29, 0.717) is 0 Å². The molecular weight excluding hydrogens is 216 g/mol. The first-order valence-corrected chi connectivity index (χ1v) is 7.90. The lowest BCUT2D eigenvalue weighted by Gasteiger charge is -2.03. The maximum atomic E-state index is 5.23. The molecule has 0 atom stereocenters. The van der Waals surface area contributed by atoms with Gasteiger partial charge in [0.2, 0.25) is 0 Å². The zero-order valence-electron chi connectivity index (χ0n) is 12.6. The first-order valence-electron chi connectivity index (χ1n) is 7.90. The molecule has 0 spiro atoms. The van der Waals surface area contributed by atoms with E-state index >= 15 is 0 Å². The Kier molecular flexibility index (Phi) is 13.8. The molecular formula is C18H32. The van der Waals surface area contributed by atoms with Crippen molar-refractivity contribution in [3.05, 3.63) is 11.6 Å². The summed E-state index contributed by atoms with van der Waals surface area (Å²) < 4.78 is 0. The maximum Gasteiger partial charge on any atom is 0.0121 e. The van der Waals surface area contributed by atoms with Crippen molar-refractivity contribution in [3.8, 4) is 12.3 Å². The van der Waals surface area contributed by atoms with Gasteiger partial charge in [0.15, 0.2) is 0 Å². The minimum absolute atomic E-state index is 0.884. The zero-order chi connectivity index (χ0) is 13.5. The predicted octanol–water partition coefficient (Wildman–Crippen LogP) is 6.27. The van der Waals surface area contributed by atoms with Crippen molar-refractivity contribution in [2.45, 2.75) is 90.9 Å². The van der Waals surface area contributed by atoms with Crippen molar-refractivity contribution in [2.24, 2.45) is 0 Å². The second-order valence-corrected chi connectivity index (χ2v) is 5.37. The van der Waals surface area contributed by atoms with Gasteiger partial charge in [0.05, 0.1) is 0 Å². The van der Waals surface area contributed by atoms with Crippen LogP contribution in [0, 0.1) is 12.3 Å². The van der Waals surface area contributed by atoms with E-state index in [1.165, 1.54) is 69.8 Å². The number of unbranched alkanes of at least 4 members (excludes halogenated alkanes) is 9. The number of hydrogen-bond acceptors (Lipinski definition) is 0. The number of allylic oxidation sites excluding steroid dienone is 2. The van der Waals surface area contributed by atoms with Crippen LogP contribution in [-0.2, 0) is 0 Å². The van der Waals surface area contributed by atoms with Gasteiger partial charge < -0.3 is 0 Å². The number of terminal acetylenes is 1. The van der Waals surface area contributed by atoms with Crippen LogP contribution in [0.2, 0.25) is 0 Å². The van der Waals surface area contributed by atoms with Gasteiger partial charge in [-0.3, -0.25) is 0 Å². The van der Waals surface area contributed by atoms with Crippen LogP contribution < -0.4 is 0 Å². The topological polar surface area (TPSA) is 0 Å². The highest BCUT2D eigenvalue weighted by Crippen LogP contribution is 2.13. The highest BCUT2D eigenvalue weighted by Gasteiger charge is 1.93. The van der Waals surface area contributed by atoms with Crippen LogP contribution >= 0.6 is 0 Å². The van der Waals surface area contributed by atoms with Crippen LogP contribution in [0.4, 0.5) is 0 Å². The Morgan fingerprint density at radius 2 is 1.50 bits per heavy atom. The normalized spacial score (nSPS) is 11.5. The molecule has 0 N–H and O–H groups in total. The Balaban J connectivity index is 3.20. The third-order valence-corrected chi connectivity index (χ3v) is 3.46. The van der Waals surface area contributed by atoms with Crippen molar-refractivity contribution in [2.75, 3.05) is 0 Å². The average molecular weight is 248 g/mol. The van der Waals surface area contributed by atoms with Gasteiger partial charge in [-0.15, -0.1) is 12.3 Å². The average Bonchev–Trinajstić information content (AvgIpc) is 2.37. The van der Waals surface area contributed by atoms with Gasteiger partial charge >= 0.3 is 0 Å². The Bertz CT molecular complexity index is 229. The minimum atomic E-state index is 0.884. The van der Waals surface area contributed by atoms with E-state index in [0.717, 1.165) is 12.8 Å². The highest BCUT2D eigenvalue weighted by atomic mass is 14.0. The monoisotopic (exact) mass is 248 g/mol. The van der Waals surface area contributed by atoms with E-state index in [1.54, 1.807) is 0 Å². The molecule has 0 heteroatoms. The van der Waals surface area contributed by atoms with E-state index in [4.69, 9.17) is 6.42 Å². The molecule has 0 unspecified atom stereocenters. The SMILES string of the molecule is C#CCC/C=C(\C)CCCCCCCCCCC. The van der Waals surface area contributed by atoms with Crippen LogP contribution in [-0.4, -0.2) is 0 Å². The van der Waals surface area contributed by atoms with Gasteiger partial charge in [-0.2, -0.15) is 0 Å². The summed E-state index contributed by atoms with van der Waals surface area (Å²) in [7, 11) is 0. The molecule has 0 nitrogen and oxygen atoms in total. The van der Waals surface area contributed by atoms with Gasteiger partial charge in [-0.1, -0.05) is 69.9 Å². The van der Waals surface area contributed by atoms with Gasteiger partial charge in [-0.25, -0.2) is 0 Å². The molecule has 0 aliphatic heterocycles. The van der Waals surface area contributed by atoms with Crippen LogP contribution in [0.25, 0.3) is 0 Å². The summed E-state index contributed by atoms with van der Waals surface area (Å²) in [6.07, 6.45) is 23.4. The lowest BCUT2D eigenvalue weighted by Crippen LogP contribution is -1.83. The molecule has 0 aromatic heterocycles. The second-order valence-electron chi connectivity index (χ2n) is 5.37. The summed E-state index contributed by atoms with van der Waals surface area (Å²) in [6.45, 7) is 4.51. The number of rotatable bonds is 12. The molecule has 0 aromatic carbocycles. The first kappa shape index (κ1) is 17.3. The Labute approximate surface area is 115 Å². The fourth-order valence-electron chi connectivity index (χ4n) is 2.22. The van der Waals surface area contributed by atoms with E-state index in [-0.39, 0.29) is 0 Å². The molecule has 0 aliphatic rings. The summed E-state index contributed by atoms with van der Waals surface area (Å²) in [5, 5.41) is 0. The molecule has 0 fully saturated rings. The summed E-state index contributed by atoms with van der Waals surface area (Å²) in [4.78, 5) is 0. The smallest absolute Gasteiger partial charge is 0.0121 e. The Morgan fingerprint density at radius 3 is 2.06 bits per heavy atom. The predicted molar refractivity (Wildman–Crippen MR) is 83.7 cm³/mol. The molecule has 0 saturated carbocycles. The Hall–Kier alpha value is -0.700. The highest BCUT2D eigenvalue weighted by molar-refractivity contribution is 4.99. The third-order valence-electron chi connectivity index (χ3n) is 3.46. The van der Waals surface area contributed by atoms with Gasteiger partial charge in [0.25, 0.3) is 0 Å². The standard InChI is InChI=1S/C18H32/c1-4-6-8-9-10-11-12-13-15-17-18(3)16-14-7-5-2/h2,16H,4,6-15,17H2,1,3H3/b18-16+. The van der Waals surface area contributed by atoms with E-state index in [2.05, 4.69) is 25.8 Å². The Morgan fingerprint density at radius 1 is 0.944 bits per heavy atom. The van der Waals surface area contributed by atoms with Crippen molar-refractivity contribution >= 4 is 0 Å². The summed E-state index contributed by atoms with van der Waals surface area (Å²) in [5.41, 5.74) is 1.52. The van der Waals surface area contributed by atoms with Gasteiger partial charge in [0, 0.05) is 6.42 Å². The van der Waals surface area contributed by atoms with Crippen LogP contribution in [0.3, 0.4) is 0 Å². The molecule has 104 valence electrons. The van der Waals surface area contributed by atoms with Crippen LogP contribution in [0.1, 0.15) is 90.9 Å². The summed E-state index contributed by atoms with van der Waals surface area (Å²) >= 11 is 0. The third kappa shape index (κ3) is 13.4. The summed E-state index contributed by atoms with van der Waals surface area (Å²) in [5.74, 6) is 2.68. The maximum absolute atomic E-state index is 5.23. The van der Waals surface area contributed by atoms with Gasteiger partial charge in [-0.05, 0) is 26.2 Å². The second kappa shape index (κ2) is 14.4. The van der Waals surface area contributed by atoms with Gasteiger partial charge in [0.1, 0.15) is 0 Å². The molecule has 0 heterocycles. The van der Waals surface area contributed by atoms with Crippen molar-refractivity contribution in [3.63, 3.8) is 0 Å². The fraction of sp³-hybridized carbons (Fsp3) is 0.778. The molecule has 0 amide bonds. The first-order chi connectivity index (χ1) is 8.81. The number of hydrogen-bond donors (Lipinski definition) is 0. The van der Waals surface area contributed by atoms with Crippen molar-refractivity contribution < 1.29 is 0 Å². The molecule has 0 rings (SSSR count). The molecule has 0 saturated heterocycles. The fourth-order valence-corrected chi connectivity index (χ4v) is 2.22. The quantitative estimate of drug-likeness (QED) is 0.217. The molecule has 0 aliphatic carbocycles. The minimum Gasteiger partial charge on any atom is -0.120 e. The van der Waals surface area contributed by atoms with E-state index in [1.807, 2.05) is 0 Å².